The summed E-state index contributed by atoms with van der Waals surface area (Å²) < 4.78 is 38.4. The number of nitrogens with one attached hydrogen (secondary N) is 2. The van der Waals surface area contributed by atoms with Crippen molar-refractivity contribution in [3.8, 4) is 6.07 Å². The smallest absolute Gasteiger partial charge is 0.390 e. The van der Waals surface area contributed by atoms with Crippen LogP contribution in [0.3, 0.4) is 0 Å². The SMILES string of the molecule is CCCN/C=C(/C#N)C(=O)Nc1ccccc1C(F)(F)F. The van der Waals surface area contributed by atoms with Crippen molar-refractivity contribution in [1.29, 1.82) is 5.26 Å². The first-order valence-electron chi connectivity index (χ1n) is 6.21. The van der Waals surface area contributed by atoms with Crippen LogP contribution in [0.25, 0.3) is 0 Å². The number of nitrogens with zero attached hydrogens (tertiary/aromatic N) is 1. The van der Waals surface area contributed by atoms with Gasteiger partial charge in [0.05, 0.1) is 11.3 Å². The molecule has 1 rings (SSSR count). The minimum atomic E-state index is -4.58. The molecule has 0 atom stereocenters. The number of nitriles is 1. The van der Waals surface area contributed by atoms with Gasteiger partial charge in [-0.3, -0.25) is 4.79 Å². The zero-order chi connectivity index (χ0) is 15.9. The molecule has 0 saturated carbocycles. The Labute approximate surface area is 120 Å². The Balaban J connectivity index is 2.93. The van der Waals surface area contributed by atoms with Gasteiger partial charge < -0.3 is 10.6 Å². The van der Waals surface area contributed by atoms with E-state index in [1.54, 1.807) is 6.07 Å². The second-order valence-electron chi connectivity index (χ2n) is 4.12. The lowest BCUT2D eigenvalue weighted by atomic mass is 10.1. The van der Waals surface area contributed by atoms with Crippen molar-refractivity contribution < 1.29 is 18.0 Å². The van der Waals surface area contributed by atoms with E-state index in [-0.39, 0.29) is 11.3 Å². The van der Waals surface area contributed by atoms with Gasteiger partial charge in [-0.05, 0) is 18.6 Å². The maximum Gasteiger partial charge on any atom is 0.418 e. The third-order valence-corrected chi connectivity index (χ3v) is 2.49. The molecule has 0 radical (unpaired) electrons. The van der Waals surface area contributed by atoms with Crippen molar-refractivity contribution in [2.24, 2.45) is 0 Å². The van der Waals surface area contributed by atoms with Crippen LogP contribution in [0, 0.1) is 11.3 Å². The van der Waals surface area contributed by atoms with Crippen LogP contribution in [-0.2, 0) is 11.0 Å². The van der Waals surface area contributed by atoms with E-state index in [2.05, 4.69) is 10.6 Å². The number of carbonyl (C=O) groups is 1. The topological polar surface area (TPSA) is 64.9 Å². The number of anilines is 1. The number of para-hydroxylation sites is 1. The maximum absolute atomic E-state index is 12.8. The molecule has 0 saturated heterocycles. The molecule has 0 aliphatic carbocycles. The highest BCUT2D eigenvalue weighted by Gasteiger charge is 2.33. The van der Waals surface area contributed by atoms with E-state index >= 15 is 0 Å². The van der Waals surface area contributed by atoms with Gasteiger partial charge in [0.15, 0.2) is 0 Å². The largest absolute Gasteiger partial charge is 0.418 e. The number of alkyl halides is 3. The van der Waals surface area contributed by atoms with Gasteiger partial charge in [-0.25, -0.2) is 0 Å². The molecule has 7 heteroatoms. The first-order chi connectivity index (χ1) is 9.90. The van der Waals surface area contributed by atoms with Gasteiger partial charge in [0, 0.05) is 12.7 Å². The van der Waals surface area contributed by atoms with Crippen molar-refractivity contribution in [3.05, 3.63) is 41.6 Å². The van der Waals surface area contributed by atoms with Crippen LogP contribution in [0.2, 0.25) is 0 Å². The molecule has 0 fully saturated rings. The van der Waals surface area contributed by atoms with Gasteiger partial charge in [0.1, 0.15) is 11.6 Å². The minimum absolute atomic E-state index is 0.291. The van der Waals surface area contributed by atoms with Gasteiger partial charge >= 0.3 is 6.18 Å². The van der Waals surface area contributed by atoms with E-state index < -0.39 is 17.6 Å². The van der Waals surface area contributed by atoms with Gasteiger partial charge in [0.2, 0.25) is 0 Å². The molecule has 0 heterocycles. The minimum Gasteiger partial charge on any atom is -0.390 e. The molecule has 1 aromatic rings. The van der Waals surface area contributed by atoms with Crippen LogP contribution in [0.15, 0.2) is 36.0 Å². The van der Waals surface area contributed by atoms with Gasteiger partial charge in [0.25, 0.3) is 5.91 Å². The van der Waals surface area contributed by atoms with Crippen molar-refractivity contribution in [1.82, 2.24) is 5.32 Å². The first kappa shape index (κ1) is 16.6. The summed E-state index contributed by atoms with van der Waals surface area (Å²) in [6.07, 6.45) is -2.61. The lowest BCUT2D eigenvalue weighted by Gasteiger charge is -2.13. The van der Waals surface area contributed by atoms with Gasteiger partial charge in [-0.2, -0.15) is 18.4 Å². The highest BCUT2D eigenvalue weighted by Crippen LogP contribution is 2.34. The summed E-state index contributed by atoms with van der Waals surface area (Å²) in [7, 11) is 0. The number of halogens is 3. The standard InChI is InChI=1S/C14H14F3N3O/c1-2-7-19-9-10(8-18)13(21)20-12-6-4-3-5-11(12)14(15,16)17/h3-6,9,19H,2,7H2,1H3,(H,20,21)/b10-9-. The zero-order valence-corrected chi connectivity index (χ0v) is 11.3. The lowest BCUT2D eigenvalue weighted by Crippen LogP contribution is -2.19. The van der Waals surface area contributed by atoms with E-state index in [9.17, 15) is 18.0 Å². The van der Waals surface area contributed by atoms with E-state index in [0.717, 1.165) is 18.6 Å². The molecule has 112 valence electrons. The second-order valence-corrected chi connectivity index (χ2v) is 4.12. The van der Waals surface area contributed by atoms with Crippen molar-refractivity contribution in [2.45, 2.75) is 19.5 Å². The molecule has 0 spiro atoms. The normalized spacial score (nSPS) is 11.7. The number of hydrogen-bond acceptors (Lipinski definition) is 3. The Kier molecular flexibility index (Phi) is 5.79. The van der Waals surface area contributed by atoms with Crippen LogP contribution >= 0.6 is 0 Å². The van der Waals surface area contributed by atoms with Crippen molar-refractivity contribution in [2.75, 3.05) is 11.9 Å². The lowest BCUT2D eigenvalue weighted by molar-refractivity contribution is -0.136. The molecule has 0 unspecified atom stereocenters. The molecule has 21 heavy (non-hydrogen) atoms. The van der Waals surface area contributed by atoms with Crippen LogP contribution < -0.4 is 10.6 Å². The highest BCUT2D eigenvalue weighted by atomic mass is 19.4. The number of carbonyl (C=O) groups excluding carboxylic acids is 1. The first-order valence-corrected chi connectivity index (χ1v) is 6.21. The van der Waals surface area contributed by atoms with Crippen LogP contribution in [0.1, 0.15) is 18.9 Å². The van der Waals surface area contributed by atoms with Crippen LogP contribution in [0.4, 0.5) is 18.9 Å². The molecule has 1 amide bonds. The fourth-order valence-electron chi connectivity index (χ4n) is 1.50. The van der Waals surface area contributed by atoms with Gasteiger partial charge in [-0.15, -0.1) is 0 Å². The van der Waals surface area contributed by atoms with Crippen LogP contribution in [-0.4, -0.2) is 12.5 Å². The summed E-state index contributed by atoms with van der Waals surface area (Å²) in [6, 6.07) is 6.24. The fraction of sp³-hybridized carbons (Fsp3) is 0.286. The number of hydrogen-bond donors (Lipinski definition) is 2. The molecule has 0 aromatic heterocycles. The molecule has 0 aliphatic heterocycles. The predicted octanol–water partition coefficient (Wildman–Crippen LogP) is 3.05. The Morgan fingerprint density at radius 2 is 2.05 bits per heavy atom. The molecule has 0 bridgehead atoms. The van der Waals surface area contributed by atoms with Crippen molar-refractivity contribution >= 4 is 11.6 Å². The van der Waals surface area contributed by atoms with E-state index in [1.165, 1.54) is 18.3 Å². The van der Waals surface area contributed by atoms with Crippen molar-refractivity contribution in [3.63, 3.8) is 0 Å². The van der Waals surface area contributed by atoms with E-state index in [0.29, 0.717) is 6.54 Å². The third-order valence-electron chi connectivity index (χ3n) is 2.49. The quantitative estimate of drug-likeness (QED) is 0.499. The summed E-state index contributed by atoms with van der Waals surface area (Å²) in [6.45, 7) is 2.45. The molecular weight excluding hydrogens is 283 g/mol. The Hall–Kier alpha value is -2.49. The van der Waals surface area contributed by atoms with Crippen LogP contribution in [0.5, 0.6) is 0 Å². The average Bonchev–Trinajstić information content (AvgIpc) is 2.43. The fourth-order valence-corrected chi connectivity index (χ4v) is 1.50. The number of rotatable bonds is 5. The van der Waals surface area contributed by atoms with Gasteiger partial charge in [-0.1, -0.05) is 19.1 Å². The summed E-state index contributed by atoms with van der Waals surface area (Å²) in [5.41, 5.74) is -1.63. The predicted molar refractivity (Wildman–Crippen MR) is 72.1 cm³/mol. The number of benzene rings is 1. The summed E-state index contributed by atoms with van der Waals surface area (Å²) in [5, 5.41) is 13.7. The Morgan fingerprint density at radius 1 is 1.38 bits per heavy atom. The summed E-state index contributed by atoms with van der Waals surface area (Å²) >= 11 is 0. The summed E-state index contributed by atoms with van der Waals surface area (Å²) in [4.78, 5) is 11.8. The third kappa shape index (κ3) is 4.84. The monoisotopic (exact) mass is 297 g/mol. The Bertz CT molecular complexity index is 574. The van der Waals surface area contributed by atoms with E-state index in [4.69, 9.17) is 5.26 Å². The van der Waals surface area contributed by atoms with E-state index in [1.807, 2.05) is 6.92 Å². The summed E-state index contributed by atoms with van der Waals surface area (Å²) in [5.74, 6) is -0.891. The molecule has 1 aromatic carbocycles. The Morgan fingerprint density at radius 3 is 2.62 bits per heavy atom. The zero-order valence-electron chi connectivity index (χ0n) is 11.3. The molecule has 4 nitrogen and oxygen atoms in total. The second kappa shape index (κ2) is 7.33. The maximum atomic E-state index is 12.8. The average molecular weight is 297 g/mol. The number of amides is 1. The molecule has 0 aliphatic rings. The molecular formula is C14H14F3N3O. The molecule has 2 N–H and O–H groups in total. The highest BCUT2D eigenvalue weighted by molar-refractivity contribution is 6.06.